The summed E-state index contributed by atoms with van der Waals surface area (Å²) in [6.07, 6.45) is 5.75. The van der Waals surface area contributed by atoms with Crippen molar-refractivity contribution in [3.05, 3.63) is 65.8 Å². The summed E-state index contributed by atoms with van der Waals surface area (Å²) in [4.78, 5) is 6.62. The van der Waals surface area contributed by atoms with E-state index in [1.54, 1.807) is 12.4 Å². The molecule has 0 saturated carbocycles. The van der Waals surface area contributed by atoms with Gasteiger partial charge in [-0.15, -0.1) is 10.2 Å². The van der Waals surface area contributed by atoms with Gasteiger partial charge in [-0.3, -0.25) is 9.88 Å². The summed E-state index contributed by atoms with van der Waals surface area (Å²) in [6.45, 7) is 7.51. The predicted octanol–water partition coefficient (Wildman–Crippen LogP) is 4.63. The second kappa shape index (κ2) is 8.01. The second-order valence-electron chi connectivity index (χ2n) is 7.66. The van der Waals surface area contributed by atoms with Gasteiger partial charge < -0.3 is 4.42 Å². The molecule has 4 rings (SSSR count). The quantitative estimate of drug-likeness (QED) is 0.662. The number of nitrogens with zero attached hydrogens (tertiary/aromatic N) is 4. The Morgan fingerprint density at radius 3 is 2.74 bits per heavy atom. The van der Waals surface area contributed by atoms with Gasteiger partial charge in [0, 0.05) is 25.5 Å². The fraction of sp³-hybridized carbons (Fsp3) is 0.409. The zero-order valence-electron chi connectivity index (χ0n) is 16.0. The monoisotopic (exact) mass is 362 g/mol. The molecule has 1 atom stereocenters. The molecule has 1 saturated heterocycles. The van der Waals surface area contributed by atoms with Crippen molar-refractivity contribution >= 4 is 0 Å². The summed E-state index contributed by atoms with van der Waals surface area (Å²) in [5, 5.41) is 8.54. The number of piperidine rings is 1. The third-order valence-corrected chi connectivity index (χ3v) is 5.26. The van der Waals surface area contributed by atoms with E-state index in [0.29, 0.717) is 17.7 Å². The third-order valence-electron chi connectivity index (χ3n) is 5.26. The topological polar surface area (TPSA) is 55.1 Å². The van der Waals surface area contributed by atoms with E-state index in [2.05, 4.69) is 58.2 Å². The van der Waals surface area contributed by atoms with Crippen LogP contribution in [0.1, 0.15) is 55.5 Å². The summed E-state index contributed by atoms with van der Waals surface area (Å²) in [5.74, 6) is 2.17. The summed E-state index contributed by atoms with van der Waals surface area (Å²) in [5.41, 5.74) is 3.62. The highest BCUT2D eigenvalue weighted by molar-refractivity contribution is 5.50. The summed E-state index contributed by atoms with van der Waals surface area (Å²) in [6, 6.07) is 12.8. The Morgan fingerprint density at radius 1 is 1.15 bits per heavy atom. The molecule has 27 heavy (non-hydrogen) atoms. The molecule has 0 N–H and O–H groups in total. The molecule has 1 unspecified atom stereocenters. The van der Waals surface area contributed by atoms with Gasteiger partial charge in [0.1, 0.15) is 0 Å². The molecule has 1 aliphatic rings. The number of aromatic nitrogens is 3. The molecule has 0 bridgehead atoms. The van der Waals surface area contributed by atoms with Gasteiger partial charge in [0.05, 0.1) is 11.5 Å². The zero-order chi connectivity index (χ0) is 18.6. The molecule has 3 heterocycles. The van der Waals surface area contributed by atoms with Gasteiger partial charge in [-0.25, -0.2) is 0 Å². The molecule has 1 aliphatic heterocycles. The number of rotatable bonds is 5. The van der Waals surface area contributed by atoms with Crippen molar-refractivity contribution in [2.75, 3.05) is 13.1 Å². The minimum Gasteiger partial charge on any atom is -0.420 e. The fourth-order valence-electron chi connectivity index (χ4n) is 3.67. The first-order valence-electron chi connectivity index (χ1n) is 9.74. The smallest absolute Gasteiger partial charge is 0.249 e. The molecule has 1 aromatic carbocycles. The van der Waals surface area contributed by atoms with Crippen LogP contribution in [0.4, 0.5) is 0 Å². The number of likely N-dealkylation sites (tertiary alicyclic amines) is 1. The summed E-state index contributed by atoms with van der Waals surface area (Å²) < 4.78 is 5.96. The van der Waals surface area contributed by atoms with Gasteiger partial charge in [0.25, 0.3) is 0 Å². The van der Waals surface area contributed by atoms with E-state index < -0.39 is 0 Å². The van der Waals surface area contributed by atoms with Gasteiger partial charge in [0.2, 0.25) is 11.8 Å². The second-order valence-corrected chi connectivity index (χ2v) is 7.66. The normalized spacial score (nSPS) is 18.1. The van der Waals surface area contributed by atoms with Crippen LogP contribution in [0.2, 0.25) is 0 Å². The summed E-state index contributed by atoms with van der Waals surface area (Å²) in [7, 11) is 0. The van der Waals surface area contributed by atoms with Crippen LogP contribution in [0, 0.1) is 0 Å². The van der Waals surface area contributed by atoms with Crippen molar-refractivity contribution in [3.8, 4) is 11.5 Å². The lowest BCUT2D eigenvalue weighted by Crippen LogP contribution is -2.34. The van der Waals surface area contributed by atoms with Crippen molar-refractivity contribution in [1.29, 1.82) is 0 Å². The Balaban J connectivity index is 1.41. The van der Waals surface area contributed by atoms with E-state index in [9.17, 15) is 0 Å². The van der Waals surface area contributed by atoms with Crippen LogP contribution in [0.5, 0.6) is 0 Å². The van der Waals surface area contributed by atoms with Crippen molar-refractivity contribution in [2.45, 2.75) is 45.1 Å². The van der Waals surface area contributed by atoms with Crippen molar-refractivity contribution < 1.29 is 4.42 Å². The van der Waals surface area contributed by atoms with Crippen LogP contribution < -0.4 is 0 Å². The Hall–Kier alpha value is -2.53. The predicted molar refractivity (Wildman–Crippen MR) is 105 cm³/mol. The molecule has 5 heteroatoms. The standard InChI is InChI=1S/C22H26N4O/c1-16(2)18-9-7-17(8-10-18)14-26-12-4-6-20(15-26)22-25-24-21(27-22)19-5-3-11-23-13-19/h3,5,7-11,13,16,20H,4,6,12,14-15H2,1-2H3. The van der Waals surface area contributed by atoms with Gasteiger partial charge in [-0.05, 0) is 48.6 Å². The first-order chi connectivity index (χ1) is 13.2. The fourth-order valence-corrected chi connectivity index (χ4v) is 3.67. The van der Waals surface area contributed by atoms with Crippen molar-refractivity contribution in [3.63, 3.8) is 0 Å². The number of hydrogen-bond donors (Lipinski definition) is 0. The number of hydrogen-bond acceptors (Lipinski definition) is 5. The maximum Gasteiger partial charge on any atom is 0.249 e. The molecule has 2 aromatic heterocycles. The van der Waals surface area contributed by atoms with E-state index in [4.69, 9.17) is 4.42 Å². The average molecular weight is 362 g/mol. The van der Waals surface area contributed by atoms with E-state index in [1.807, 2.05) is 12.1 Å². The first-order valence-corrected chi connectivity index (χ1v) is 9.74. The van der Waals surface area contributed by atoms with E-state index in [1.165, 1.54) is 11.1 Å². The number of benzene rings is 1. The lowest BCUT2D eigenvalue weighted by atomic mass is 9.97. The minimum absolute atomic E-state index is 0.298. The molecule has 0 amide bonds. The van der Waals surface area contributed by atoms with Crippen LogP contribution in [0.25, 0.3) is 11.5 Å². The van der Waals surface area contributed by atoms with E-state index in [-0.39, 0.29) is 0 Å². The van der Waals surface area contributed by atoms with Crippen molar-refractivity contribution in [1.82, 2.24) is 20.1 Å². The van der Waals surface area contributed by atoms with Crippen LogP contribution >= 0.6 is 0 Å². The maximum absolute atomic E-state index is 5.96. The molecular weight excluding hydrogens is 336 g/mol. The lowest BCUT2D eigenvalue weighted by Gasteiger charge is -2.31. The zero-order valence-corrected chi connectivity index (χ0v) is 16.0. The van der Waals surface area contributed by atoms with Crippen LogP contribution in [-0.2, 0) is 6.54 Å². The molecule has 3 aromatic rings. The van der Waals surface area contributed by atoms with Gasteiger partial charge >= 0.3 is 0 Å². The molecule has 5 nitrogen and oxygen atoms in total. The van der Waals surface area contributed by atoms with Gasteiger partial charge in [-0.1, -0.05) is 38.1 Å². The van der Waals surface area contributed by atoms with Crippen LogP contribution in [-0.4, -0.2) is 33.2 Å². The number of pyridine rings is 1. The minimum atomic E-state index is 0.298. The maximum atomic E-state index is 5.96. The van der Waals surface area contributed by atoms with E-state index >= 15 is 0 Å². The average Bonchev–Trinajstić information content (AvgIpc) is 3.20. The summed E-state index contributed by atoms with van der Waals surface area (Å²) >= 11 is 0. The SMILES string of the molecule is CC(C)c1ccc(CN2CCCC(c3nnc(-c4cccnc4)o3)C2)cc1. The highest BCUT2D eigenvalue weighted by atomic mass is 16.4. The Kier molecular flexibility index (Phi) is 5.30. The molecule has 0 radical (unpaired) electrons. The van der Waals surface area contributed by atoms with Gasteiger partial charge in [0.15, 0.2) is 0 Å². The molecular formula is C22H26N4O. The molecule has 0 aliphatic carbocycles. The molecule has 140 valence electrons. The molecule has 0 spiro atoms. The Bertz CT molecular complexity index is 858. The largest absolute Gasteiger partial charge is 0.420 e. The van der Waals surface area contributed by atoms with E-state index in [0.717, 1.165) is 43.9 Å². The third kappa shape index (κ3) is 4.25. The Labute approximate surface area is 160 Å². The lowest BCUT2D eigenvalue weighted by molar-refractivity contribution is 0.186. The Morgan fingerprint density at radius 2 is 2.00 bits per heavy atom. The van der Waals surface area contributed by atoms with Crippen LogP contribution in [0.3, 0.4) is 0 Å². The van der Waals surface area contributed by atoms with Gasteiger partial charge in [-0.2, -0.15) is 0 Å². The van der Waals surface area contributed by atoms with Crippen molar-refractivity contribution in [2.24, 2.45) is 0 Å². The van der Waals surface area contributed by atoms with Crippen LogP contribution in [0.15, 0.2) is 53.2 Å². The highest BCUT2D eigenvalue weighted by Gasteiger charge is 2.26. The molecule has 1 fully saturated rings. The first kappa shape index (κ1) is 17.9. The highest BCUT2D eigenvalue weighted by Crippen LogP contribution is 2.29.